The molecule has 0 aliphatic rings. The van der Waals surface area contributed by atoms with E-state index in [2.05, 4.69) is 5.32 Å². The predicted octanol–water partition coefficient (Wildman–Crippen LogP) is 4.99. The zero-order valence-corrected chi connectivity index (χ0v) is 16.2. The Morgan fingerprint density at radius 3 is 2.11 bits per heavy atom. The number of hydrogen-bond donors (Lipinski definition) is 1. The van der Waals surface area contributed by atoms with Gasteiger partial charge in [-0.05, 0) is 24.0 Å². The highest BCUT2D eigenvalue weighted by Gasteiger charge is 2.42. The lowest BCUT2D eigenvalue weighted by atomic mass is 10.0. The monoisotopic (exact) mass is 400 g/mol. The van der Waals surface area contributed by atoms with Crippen molar-refractivity contribution in [3.05, 3.63) is 62.1 Å². The number of carbonyl (C=O) groups excluding carboxylic acids is 1. The molecule has 0 aliphatic carbocycles. The summed E-state index contributed by atoms with van der Waals surface area (Å²) in [5.41, 5.74) is -0.328. The topological polar surface area (TPSA) is 56.0 Å². The molecule has 0 radical (unpaired) electrons. The van der Waals surface area contributed by atoms with Gasteiger partial charge in [0.05, 0.1) is 5.02 Å². The summed E-state index contributed by atoms with van der Waals surface area (Å²) in [4.78, 5) is 12.8. The third-order valence-corrected chi connectivity index (χ3v) is 4.90. The van der Waals surface area contributed by atoms with Crippen LogP contribution in [0.4, 0.5) is 18.9 Å². The molecule has 0 spiro atoms. The molecule has 1 aromatic heterocycles. The minimum Gasteiger partial charge on any atom is -0.618 e. The molecule has 2 aromatic rings. The van der Waals surface area contributed by atoms with Crippen molar-refractivity contribution >= 4 is 23.2 Å². The number of nitrogens with zero attached hydrogens (tertiary/aromatic N) is 1. The Hall–Kier alpha value is -2.28. The standard InChI is InChI=1S/C19H20ClF3N2O2/c1-5-12-8-7-9-13(6-2)17(12)24-18(26)14-10(3)25(27)11(4)15(16(14)20)19(21,22)23/h7-9H,5-6H2,1-4H3,(H,24,26). The molecule has 0 aliphatic heterocycles. The van der Waals surface area contributed by atoms with Crippen molar-refractivity contribution in [2.24, 2.45) is 0 Å². The average molecular weight is 401 g/mol. The second kappa shape index (κ2) is 7.76. The van der Waals surface area contributed by atoms with Crippen LogP contribution in [-0.4, -0.2) is 5.91 Å². The van der Waals surface area contributed by atoms with Gasteiger partial charge in [-0.1, -0.05) is 43.6 Å². The molecule has 27 heavy (non-hydrogen) atoms. The summed E-state index contributed by atoms with van der Waals surface area (Å²) in [6.07, 6.45) is -3.61. The number of alkyl halides is 3. The van der Waals surface area contributed by atoms with Gasteiger partial charge in [0, 0.05) is 19.5 Å². The Kier molecular flexibility index (Phi) is 6.04. The van der Waals surface area contributed by atoms with E-state index in [1.807, 2.05) is 32.0 Å². The van der Waals surface area contributed by atoms with Crippen LogP contribution in [0.15, 0.2) is 18.2 Å². The Labute approximate surface area is 160 Å². The third kappa shape index (κ3) is 3.88. The molecule has 0 bridgehead atoms. The van der Waals surface area contributed by atoms with E-state index in [1.165, 1.54) is 6.92 Å². The van der Waals surface area contributed by atoms with Crippen LogP contribution in [0.3, 0.4) is 0 Å². The molecule has 146 valence electrons. The number of aryl methyl sites for hydroxylation is 2. The van der Waals surface area contributed by atoms with Crippen molar-refractivity contribution in [1.82, 2.24) is 0 Å². The zero-order chi connectivity index (χ0) is 20.5. The van der Waals surface area contributed by atoms with Gasteiger partial charge in [-0.25, -0.2) is 0 Å². The number of aromatic nitrogens is 1. The lowest BCUT2D eigenvalue weighted by Crippen LogP contribution is -2.39. The fourth-order valence-electron chi connectivity index (χ4n) is 3.07. The largest absolute Gasteiger partial charge is 0.618 e. The maximum atomic E-state index is 13.4. The van der Waals surface area contributed by atoms with E-state index in [9.17, 15) is 23.2 Å². The van der Waals surface area contributed by atoms with E-state index in [4.69, 9.17) is 11.6 Å². The normalized spacial score (nSPS) is 11.6. The number of benzene rings is 1. The van der Waals surface area contributed by atoms with E-state index in [0.717, 1.165) is 18.1 Å². The van der Waals surface area contributed by atoms with Crippen molar-refractivity contribution in [1.29, 1.82) is 0 Å². The fourth-order valence-corrected chi connectivity index (χ4v) is 3.54. The third-order valence-electron chi connectivity index (χ3n) is 4.52. The minimum absolute atomic E-state index is 0.0933. The van der Waals surface area contributed by atoms with Gasteiger partial charge in [0.1, 0.15) is 11.1 Å². The number of nitrogens with one attached hydrogen (secondary N) is 1. The van der Waals surface area contributed by atoms with E-state index < -0.39 is 33.9 Å². The predicted molar refractivity (Wildman–Crippen MR) is 98.0 cm³/mol. The van der Waals surface area contributed by atoms with Crippen LogP contribution in [0.1, 0.15) is 52.3 Å². The Morgan fingerprint density at radius 2 is 1.67 bits per heavy atom. The molecule has 0 saturated carbocycles. The maximum absolute atomic E-state index is 13.4. The van der Waals surface area contributed by atoms with Crippen LogP contribution in [0.25, 0.3) is 0 Å². The Balaban J connectivity index is 2.64. The van der Waals surface area contributed by atoms with Gasteiger partial charge in [-0.2, -0.15) is 17.9 Å². The number of amides is 1. The van der Waals surface area contributed by atoms with Crippen molar-refractivity contribution in [3.8, 4) is 0 Å². The highest BCUT2D eigenvalue weighted by Crippen LogP contribution is 2.38. The molecular formula is C19H20ClF3N2O2. The van der Waals surface area contributed by atoms with E-state index in [1.54, 1.807) is 0 Å². The van der Waals surface area contributed by atoms with E-state index in [-0.39, 0.29) is 10.4 Å². The quantitative estimate of drug-likeness (QED) is 0.581. The van der Waals surface area contributed by atoms with E-state index >= 15 is 0 Å². The zero-order valence-electron chi connectivity index (χ0n) is 15.4. The SMILES string of the molecule is CCc1cccc(CC)c1NC(=O)c1c(Cl)c(C(F)(F)F)c(C)[n+]([O-])c1C. The van der Waals surface area contributed by atoms with Gasteiger partial charge in [-0.15, -0.1) is 0 Å². The van der Waals surface area contributed by atoms with Crippen LogP contribution in [0.5, 0.6) is 0 Å². The molecule has 1 aromatic carbocycles. The lowest BCUT2D eigenvalue weighted by Gasteiger charge is -2.19. The van der Waals surface area contributed by atoms with Gasteiger partial charge < -0.3 is 10.5 Å². The summed E-state index contributed by atoms with van der Waals surface area (Å²) in [5.74, 6) is -0.844. The summed E-state index contributed by atoms with van der Waals surface area (Å²) >= 11 is 5.95. The molecule has 8 heteroatoms. The van der Waals surface area contributed by atoms with Crippen LogP contribution in [0.2, 0.25) is 5.02 Å². The highest BCUT2D eigenvalue weighted by molar-refractivity contribution is 6.35. The first kappa shape index (κ1) is 21.0. The number of hydrogen-bond acceptors (Lipinski definition) is 2. The number of rotatable bonds is 4. The summed E-state index contributed by atoms with van der Waals surface area (Å²) in [6, 6.07) is 5.51. The van der Waals surface area contributed by atoms with Crippen molar-refractivity contribution in [2.45, 2.75) is 46.7 Å². The minimum atomic E-state index is -4.86. The second-order valence-electron chi connectivity index (χ2n) is 6.14. The highest BCUT2D eigenvalue weighted by atomic mass is 35.5. The fraction of sp³-hybridized carbons (Fsp3) is 0.368. The Bertz CT molecular complexity index is 873. The maximum Gasteiger partial charge on any atom is 0.423 e. The number of pyridine rings is 1. The summed E-state index contributed by atoms with van der Waals surface area (Å²) in [5, 5.41) is 14.1. The summed E-state index contributed by atoms with van der Waals surface area (Å²) in [6.45, 7) is 6.11. The molecule has 1 N–H and O–H groups in total. The molecule has 0 saturated heterocycles. The molecule has 2 rings (SSSR count). The van der Waals surface area contributed by atoms with Gasteiger partial charge in [-0.3, -0.25) is 4.79 Å². The first-order chi connectivity index (χ1) is 12.5. The van der Waals surface area contributed by atoms with Crippen molar-refractivity contribution in [3.63, 3.8) is 0 Å². The molecule has 0 fully saturated rings. The van der Waals surface area contributed by atoms with Crippen LogP contribution in [0, 0.1) is 19.1 Å². The smallest absolute Gasteiger partial charge is 0.423 e. The van der Waals surface area contributed by atoms with Crippen molar-refractivity contribution in [2.75, 3.05) is 5.32 Å². The molecule has 4 nitrogen and oxygen atoms in total. The van der Waals surface area contributed by atoms with Crippen molar-refractivity contribution < 1.29 is 22.7 Å². The van der Waals surface area contributed by atoms with Gasteiger partial charge in [0.2, 0.25) is 11.4 Å². The number of carbonyl (C=O) groups is 1. The molecular weight excluding hydrogens is 381 g/mol. The lowest BCUT2D eigenvalue weighted by molar-refractivity contribution is -0.620. The van der Waals surface area contributed by atoms with Gasteiger partial charge in [0.15, 0.2) is 0 Å². The average Bonchev–Trinajstić information content (AvgIpc) is 2.58. The van der Waals surface area contributed by atoms with Gasteiger partial charge >= 0.3 is 6.18 Å². The summed E-state index contributed by atoms with van der Waals surface area (Å²) in [7, 11) is 0. The first-order valence-corrected chi connectivity index (χ1v) is 8.83. The van der Waals surface area contributed by atoms with E-state index in [0.29, 0.717) is 18.5 Å². The number of halogens is 4. The summed E-state index contributed by atoms with van der Waals surface area (Å²) < 4.78 is 40.2. The van der Waals surface area contributed by atoms with Crippen LogP contribution < -0.4 is 10.0 Å². The first-order valence-electron chi connectivity index (χ1n) is 8.46. The van der Waals surface area contributed by atoms with Crippen LogP contribution >= 0.6 is 11.6 Å². The number of anilines is 1. The van der Waals surface area contributed by atoms with Crippen LogP contribution in [-0.2, 0) is 19.0 Å². The molecule has 1 amide bonds. The van der Waals surface area contributed by atoms with Gasteiger partial charge in [0.25, 0.3) is 5.91 Å². The number of para-hydroxylation sites is 1. The Morgan fingerprint density at radius 1 is 1.15 bits per heavy atom. The molecule has 0 atom stereocenters. The second-order valence-corrected chi connectivity index (χ2v) is 6.52. The molecule has 1 heterocycles. The molecule has 0 unspecified atom stereocenters.